The van der Waals surface area contributed by atoms with Crippen molar-refractivity contribution >= 4 is 39.8 Å². The Labute approximate surface area is 119 Å². The molecule has 0 saturated heterocycles. The average molecular weight is 332 g/mol. The highest BCUT2D eigenvalue weighted by molar-refractivity contribution is 8.90. The number of carbonyl (C=O) groups excluding carboxylic acids is 2. The fourth-order valence-electron chi connectivity index (χ4n) is 0.957. The Morgan fingerprint density at radius 1 is 1.26 bits per heavy atom. The van der Waals surface area contributed by atoms with Gasteiger partial charge in [-0.1, -0.05) is 0 Å². The molecule has 0 radical (unpaired) electrons. The van der Waals surface area contributed by atoms with Gasteiger partial charge in [0.2, 0.25) is 0 Å². The zero-order chi connectivity index (χ0) is 14.8. The Kier molecular flexibility index (Phi) is 10.4. The molecule has 2 atom stereocenters. The Balaban J connectivity index is 4.69. The molecule has 2 unspecified atom stereocenters. The van der Waals surface area contributed by atoms with E-state index in [2.05, 4.69) is 4.74 Å². The quantitative estimate of drug-likeness (QED) is 0.356. The molecule has 7 nitrogen and oxygen atoms in total. The van der Waals surface area contributed by atoms with Crippen molar-refractivity contribution in [1.29, 1.82) is 0 Å². The van der Waals surface area contributed by atoms with Crippen LogP contribution in [0.15, 0.2) is 0 Å². The van der Waals surface area contributed by atoms with Crippen LogP contribution < -0.4 is 0 Å². The molecule has 0 aromatic heterocycles. The molecule has 0 rings (SSSR count). The number of hydrogen-bond acceptors (Lipinski definition) is 8. The Morgan fingerprint density at radius 3 is 2.26 bits per heavy atom. The second-order valence-corrected chi connectivity index (χ2v) is 9.41. The molecule has 10 heteroatoms. The highest BCUT2D eigenvalue weighted by Gasteiger charge is 2.30. The predicted molar refractivity (Wildman–Crippen MR) is 73.7 cm³/mol. The van der Waals surface area contributed by atoms with Gasteiger partial charge in [-0.05, 0) is 17.7 Å². The van der Waals surface area contributed by atoms with Gasteiger partial charge in [0.1, 0.15) is 5.25 Å². The molecule has 0 aliphatic carbocycles. The Hall–Kier alpha value is -0.210. The second kappa shape index (κ2) is 10.6. The maximum Gasteiger partial charge on any atom is 0.320 e. The van der Waals surface area contributed by atoms with Gasteiger partial charge in [-0.25, -0.2) is 4.21 Å². The number of hydrogen-bond donors (Lipinski definition) is 0. The van der Waals surface area contributed by atoms with E-state index >= 15 is 0 Å². The van der Waals surface area contributed by atoms with E-state index in [4.69, 9.17) is 13.8 Å². The van der Waals surface area contributed by atoms with Crippen LogP contribution in [0.3, 0.4) is 0 Å². The summed E-state index contributed by atoms with van der Waals surface area (Å²) < 4.78 is 31.0. The molecule has 0 aromatic carbocycles. The van der Waals surface area contributed by atoms with E-state index in [-0.39, 0.29) is 13.0 Å². The largest absolute Gasteiger partial charge is 0.469 e. The zero-order valence-electron chi connectivity index (χ0n) is 11.1. The molecule has 0 aliphatic heterocycles. The fraction of sp³-hybridized carbons (Fsp3) is 0.778. The third-order valence-corrected chi connectivity index (χ3v) is 8.03. The van der Waals surface area contributed by atoms with Crippen molar-refractivity contribution in [2.45, 2.75) is 18.6 Å². The first-order valence-corrected chi connectivity index (χ1v) is 9.53. The van der Waals surface area contributed by atoms with E-state index in [1.807, 2.05) is 0 Å². The normalized spacial score (nSPS) is 13.9. The van der Waals surface area contributed by atoms with Gasteiger partial charge in [-0.3, -0.25) is 9.59 Å². The molecule has 0 fully saturated rings. The Bertz CT molecular complexity index is 322. The smallest absolute Gasteiger partial charge is 0.320 e. The number of carbonyl (C=O) groups is 2. The van der Waals surface area contributed by atoms with Crippen molar-refractivity contribution in [3.63, 3.8) is 0 Å². The van der Waals surface area contributed by atoms with Gasteiger partial charge in [0.15, 0.2) is 9.45 Å². The maximum atomic E-state index is 11.9. The average Bonchev–Trinajstić information content (AvgIpc) is 2.39. The highest BCUT2D eigenvalue weighted by atomic mass is 33.3. The van der Waals surface area contributed by atoms with E-state index in [1.54, 1.807) is 6.92 Å². The minimum absolute atomic E-state index is 0.174. The lowest BCUT2D eigenvalue weighted by Crippen LogP contribution is -2.24. The zero-order valence-corrected chi connectivity index (χ0v) is 13.6. The molecular weight excluding hydrogens is 315 g/mol. The number of methoxy groups -OCH3 is 1. The summed E-state index contributed by atoms with van der Waals surface area (Å²) in [6, 6.07) is 0. The summed E-state index contributed by atoms with van der Waals surface area (Å²) in [4.78, 5) is 22.9. The van der Waals surface area contributed by atoms with Crippen LogP contribution in [0.4, 0.5) is 0 Å². The summed E-state index contributed by atoms with van der Waals surface area (Å²) in [6.45, 7) is 1.82. The summed E-state index contributed by atoms with van der Waals surface area (Å²) >= 11 is 0. The first-order chi connectivity index (χ1) is 8.99. The lowest BCUT2D eigenvalue weighted by Gasteiger charge is -2.15. The van der Waals surface area contributed by atoms with Gasteiger partial charge >= 0.3 is 11.9 Å². The molecule has 0 saturated carbocycles. The van der Waals surface area contributed by atoms with Gasteiger partial charge in [0.25, 0.3) is 7.58 Å². The van der Waals surface area contributed by atoms with E-state index in [1.165, 1.54) is 21.3 Å². The summed E-state index contributed by atoms with van der Waals surface area (Å²) in [7, 11) is 1.45. The standard InChI is InChI=1S/C9H17O7PS2/c1-5-16-9(11)7(6-8(10)13-2)18-19(12)17(14-3)15-4/h7H,5-6H2,1-4H3. The SMILES string of the molecule is CCOC(=O)C(CC(=O)OC)SS(=O)P(OC)OC. The van der Waals surface area contributed by atoms with Crippen molar-refractivity contribution in [2.24, 2.45) is 0 Å². The third kappa shape index (κ3) is 7.22. The highest BCUT2D eigenvalue weighted by Crippen LogP contribution is 2.47. The summed E-state index contributed by atoms with van der Waals surface area (Å²) in [6.07, 6.45) is -0.220. The van der Waals surface area contributed by atoms with Crippen LogP contribution in [0.25, 0.3) is 0 Å². The first-order valence-electron chi connectivity index (χ1n) is 5.20. The van der Waals surface area contributed by atoms with Crippen molar-refractivity contribution in [1.82, 2.24) is 0 Å². The summed E-state index contributed by atoms with van der Waals surface area (Å²) in [5.74, 6) is -1.20. The third-order valence-electron chi connectivity index (χ3n) is 1.75. The molecule has 0 bridgehead atoms. The van der Waals surface area contributed by atoms with Gasteiger partial charge in [-0.2, -0.15) is 0 Å². The van der Waals surface area contributed by atoms with Crippen LogP contribution in [0.1, 0.15) is 13.3 Å². The minimum Gasteiger partial charge on any atom is -0.469 e. The van der Waals surface area contributed by atoms with Crippen LogP contribution in [0, 0.1) is 0 Å². The minimum atomic E-state index is -1.64. The topological polar surface area (TPSA) is 88.1 Å². The van der Waals surface area contributed by atoms with E-state index < -0.39 is 34.2 Å². The van der Waals surface area contributed by atoms with Crippen LogP contribution >= 0.6 is 18.4 Å². The number of ether oxygens (including phenoxy) is 2. The number of rotatable bonds is 9. The van der Waals surface area contributed by atoms with E-state index in [0.717, 1.165) is 10.8 Å². The summed E-state index contributed by atoms with van der Waals surface area (Å²) in [5.41, 5.74) is 0. The van der Waals surface area contributed by atoms with Crippen molar-refractivity contribution in [3.8, 4) is 0 Å². The lowest BCUT2D eigenvalue weighted by molar-refractivity contribution is -0.147. The number of esters is 2. The van der Waals surface area contributed by atoms with Crippen LogP contribution in [0.2, 0.25) is 0 Å². The monoisotopic (exact) mass is 332 g/mol. The fourth-order valence-corrected chi connectivity index (χ4v) is 6.61. The van der Waals surface area contributed by atoms with Gasteiger partial charge in [0, 0.05) is 14.2 Å². The molecule has 0 N–H and O–H groups in total. The van der Waals surface area contributed by atoms with Gasteiger partial charge in [0.05, 0.1) is 20.1 Å². The molecule has 0 aliphatic rings. The predicted octanol–water partition coefficient (Wildman–Crippen LogP) is 1.40. The summed E-state index contributed by atoms with van der Waals surface area (Å²) in [5, 5.41) is -0.913. The van der Waals surface area contributed by atoms with Crippen molar-refractivity contribution in [2.75, 3.05) is 27.9 Å². The Morgan fingerprint density at radius 2 is 1.84 bits per heavy atom. The van der Waals surface area contributed by atoms with Gasteiger partial charge < -0.3 is 18.5 Å². The molecular formula is C9H17O7PS2. The molecule has 0 heterocycles. The molecule has 0 aromatic rings. The molecule has 0 amide bonds. The van der Waals surface area contributed by atoms with Gasteiger partial charge in [-0.15, -0.1) is 0 Å². The molecule has 112 valence electrons. The van der Waals surface area contributed by atoms with Crippen molar-refractivity contribution < 1.29 is 32.3 Å². The van der Waals surface area contributed by atoms with E-state index in [9.17, 15) is 13.8 Å². The van der Waals surface area contributed by atoms with Crippen LogP contribution in [-0.2, 0) is 37.6 Å². The molecule has 0 spiro atoms. The lowest BCUT2D eigenvalue weighted by atomic mass is 10.3. The van der Waals surface area contributed by atoms with Crippen molar-refractivity contribution in [3.05, 3.63) is 0 Å². The van der Waals surface area contributed by atoms with E-state index in [0.29, 0.717) is 0 Å². The van der Waals surface area contributed by atoms with Crippen LogP contribution in [0.5, 0.6) is 0 Å². The molecule has 19 heavy (non-hydrogen) atoms. The maximum absolute atomic E-state index is 11.9. The van der Waals surface area contributed by atoms with Crippen LogP contribution in [-0.4, -0.2) is 49.3 Å². The first kappa shape index (κ1) is 18.8. The second-order valence-electron chi connectivity index (χ2n) is 2.92.